The van der Waals surface area contributed by atoms with Crippen LogP contribution in [0.25, 0.3) is 0 Å². The van der Waals surface area contributed by atoms with E-state index in [2.05, 4.69) is 0 Å². The van der Waals surface area contributed by atoms with Crippen LogP contribution in [0.4, 0.5) is 0 Å². The Morgan fingerprint density at radius 1 is 0.571 bits per heavy atom. The van der Waals surface area contributed by atoms with Gasteiger partial charge in [0.2, 0.25) is 5.78 Å². The van der Waals surface area contributed by atoms with Gasteiger partial charge < -0.3 is 52.8 Å². The van der Waals surface area contributed by atoms with E-state index in [1.165, 1.54) is 18.2 Å². The molecule has 344 valence electrons. The van der Waals surface area contributed by atoms with Gasteiger partial charge in [0.05, 0.1) is 58.9 Å². The van der Waals surface area contributed by atoms with Crippen LogP contribution in [-0.2, 0) is 57.0 Å². The summed E-state index contributed by atoms with van der Waals surface area (Å²) in [5.74, 6) is -4.53. The molecule has 3 aliphatic rings. The number of carbonyl (C=O) groups excluding carboxylic acids is 7. The van der Waals surface area contributed by atoms with E-state index in [1.807, 2.05) is 0 Å². The van der Waals surface area contributed by atoms with Gasteiger partial charge in [-0.3, -0.25) is 33.6 Å². The lowest BCUT2D eigenvalue weighted by molar-refractivity contribution is -0.157. The molecule has 0 bridgehead atoms. The van der Waals surface area contributed by atoms with Crippen molar-refractivity contribution in [3.8, 4) is 0 Å². The van der Waals surface area contributed by atoms with Crippen LogP contribution in [0.3, 0.4) is 0 Å². The number of benzene rings is 2. The van der Waals surface area contributed by atoms with Gasteiger partial charge in [0.25, 0.3) is 0 Å². The molecule has 2 N–H and O–H groups in total. The van der Waals surface area contributed by atoms with Gasteiger partial charge in [-0.15, -0.1) is 0 Å². The van der Waals surface area contributed by atoms with E-state index in [0.29, 0.717) is 57.7 Å². The molecule has 1 aliphatic carbocycles. The van der Waals surface area contributed by atoms with E-state index in [-0.39, 0.29) is 74.3 Å². The van der Waals surface area contributed by atoms with Gasteiger partial charge in [0, 0.05) is 41.5 Å². The first kappa shape index (κ1) is 49.2. The highest BCUT2D eigenvalue weighted by atomic mass is 16.7. The maximum atomic E-state index is 13.6. The summed E-state index contributed by atoms with van der Waals surface area (Å²) in [5, 5.41) is 20.2. The first-order valence-electron chi connectivity index (χ1n) is 21.2. The number of hydrogen-bond donors (Lipinski definition) is 2. The smallest absolute Gasteiger partial charge is 0.307 e. The summed E-state index contributed by atoms with van der Waals surface area (Å²) in [7, 11) is 0. The topological polar surface area (TPSA) is 250 Å². The van der Waals surface area contributed by atoms with E-state index in [4.69, 9.17) is 42.6 Å². The lowest BCUT2D eigenvalue weighted by atomic mass is 9.79. The fourth-order valence-corrected chi connectivity index (χ4v) is 6.66. The van der Waals surface area contributed by atoms with Crippen molar-refractivity contribution in [1.29, 1.82) is 0 Å². The molecule has 5 rings (SSSR count). The summed E-state index contributed by atoms with van der Waals surface area (Å²) >= 11 is 0. The number of epoxide rings is 2. The lowest BCUT2D eigenvalue weighted by Gasteiger charge is -2.35. The molecule has 2 saturated heterocycles. The Kier molecular flexibility index (Phi) is 19.9. The second kappa shape index (κ2) is 25.5. The van der Waals surface area contributed by atoms with E-state index >= 15 is 0 Å². The summed E-state index contributed by atoms with van der Waals surface area (Å²) in [5.41, 5.74) is -1.24. The van der Waals surface area contributed by atoms with Crippen LogP contribution >= 0.6 is 0 Å². The quantitative estimate of drug-likeness (QED) is 0.0275. The van der Waals surface area contributed by atoms with Gasteiger partial charge in [-0.2, -0.15) is 0 Å². The average molecular weight is 885 g/mol. The summed E-state index contributed by atoms with van der Waals surface area (Å²) in [6.07, 6.45) is -1.57. The van der Waals surface area contributed by atoms with Crippen LogP contribution < -0.4 is 0 Å². The first-order valence-corrected chi connectivity index (χ1v) is 21.2. The van der Waals surface area contributed by atoms with Crippen LogP contribution in [-0.4, -0.2) is 148 Å². The van der Waals surface area contributed by atoms with Gasteiger partial charge in [-0.25, -0.2) is 0 Å². The van der Waals surface area contributed by atoms with Gasteiger partial charge in [0.15, 0.2) is 23.0 Å². The van der Waals surface area contributed by atoms with Gasteiger partial charge in [0.1, 0.15) is 51.2 Å². The molecule has 0 radical (unpaired) electrons. The minimum atomic E-state index is -1.34. The second-order valence-electron chi connectivity index (χ2n) is 15.6. The predicted molar refractivity (Wildman–Crippen MR) is 217 cm³/mol. The molecule has 2 aliphatic heterocycles. The number of aliphatic hydroxyl groups is 2. The van der Waals surface area contributed by atoms with E-state index in [1.54, 1.807) is 30.3 Å². The normalized spacial score (nSPS) is 18.4. The van der Waals surface area contributed by atoms with Gasteiger partial charge >= 0.3 is 17.9 Å². The monoisotopic (exact) mass is 884 g/mol. The van der Waals surface area contributed by atoms with Gasteiger partial charge in [-0.05, 0) is 37.8 Å². The largest absolute Gasteiger partial charge is 0.463 e. The van der Waals surface area contributed by atoms with Crippen LogP contribution in [0, 0.1) is 0 Å². The first-order chi connectivity index (χ1) is 30.4. The third kappa shape index (κ3) is 17.4. The minimum Gasteiger partial charge on any atom is -0.463 e. The zero-order valence-electron chi connectivity index (χ0n) is 35.2. The molecule has 4 atom stereocenters. The van der Waals surface area contributed by atoms with Gasteiger partial charge in [-0.1, -0.05) is 42.8 Å². The molecule has 63 heavy (non-hydrogen) atoms. The Balaban J connectivity index is 1.15. The van der Waals surface area contributed by atoms with Crippen molar-refractivity contribution in [3.05, 3.63) is 70.8 Å². The number of esters is 3. The molecule has 2 aromatic rings. The zero-order chi connectivity index (χ0) is 45.0. The maximum absolute atomic E-state index is 13.6. The summed E-state index contributed by atoms with van der Waals surface area (Å²) < 4.78 is 46.8. The minimum absolute atomic E-state index is 0.00309. The molecule has 18 heteroatoms. The summed E-state index contributed by atoms with van der Waals surface area (Å²) in [6, 6.07) is 12.3. The summed E-state index contributed by atoms with van der Waals surface area (Å²) in [6.45, 7) is 0.644. The maximum Gasteiger partial charge on any atom is 0.307 e. The third-order valence-electron chi connectivity index (χ3n) is 10.3. The predicted octanol–water partition coefficient (Wildman–Crippen LogP) is 3.29. The van der Waals surface area contributed by atoms with E-state index in [9.17, 15) is 43.8 Å². The fourth-order valence-electron chi connectivity index (χ4n) is 6.66. The number of carbonyl (C=O) groups is 7. The van der Waals surface area contributed by atoms with Crippen molar-refractivity contribution in [2.75, 3.05) is 66.4 Å². The number of ketones is 4. The number of hydrogen-bond acceptors (Lipinski definition) is 18. The Hall–Kier alpha value is -4.79. The number of Topliss-reactive ketones (excluding diaryl/α,β-unsaturated/α-hetero) is 4. The highest BCUT2D eigenvalue weighted by molar-refractivity contribution is 6.11. The highest BCUT2D eigenvalue weighted by Crippen LogP contribution is 2.35. The van der Waals surface area contributed by atoms with Crippen LogP contribution in [0.5, 0.6) is 0 Å². The Morgan fingerprint density at radius 2 is 1.08 bits per heavy atom. The molecule has 0 amide bonds. The average Bonchev–Trinajstić information content (AvgIpc) is 4.25. The Labute approximate surface area is 364 Å². The van der Waals surface area contributed by atoms with Crippen molar-refractivity contribution in [1.82, 2.24) is 0 Å². The molecule has 18 nitrogen and oxygen atoms in total. The highest BCUT2D eigenvalue weighted by Gasteiger charge is 2.43. The second-order valence-corrected chi connectivity index (χ2v) is 15.6. The molecule has 4 unspecified atom stereocenters. The van der Waals surface area contributed by atoms with E-state index in [0.717, 1.165) is 6.42 Å². The van der Waals surface area contributed by atoms with Crippen molar-refractivity contribution in [2.45, 2.75) is 101 Å². The van der Waals surface area contributed by atoms with Crippen LogP contribution in [0.15, 0.2) is 48.5 Å². The Bertz CT molecular complexity index is 1850. The number of rotatable bonds is 31. The molecule has 1 saturated carbocycles. The zero-order valence-corrected chi connectivity index (χ0v) is 35.2. The van der Waals surface area contributed by atoms with Crippen molar-refractivity contribution in [3.63, 3.8) is 0 Å². The molecule has 2 heterocycles. The van der Waals surface area contributed by atoms with Crippen molar-refractivity contribution < 1.29 is 86.4 Å². The standard InChI is InChI=1S/C45H56O18/c46-32(20-55-28-57-24-34-26-59-34)22-61-41(51)14-12-39(49)36-10-9-31(19-37(36)40(50)13-15-42(52)62-23-33(47)21-56-29-58-25-35-27-60-35)38(48)11-16-43(53)63-45(17-5-2-6-18-45)44(54)30-7-3-1-4-8-30/h1,3-4,7-10,19,32-35,46-47H,2,5-6,11-18,20-29H2. The van der Waals surface area contributed by atoms with Crippen molar-refractivity contribution >= 4 is 41.0 Å². The third-order valence-corrected chi connectivity index (χ3v) is 10.3. The lowest BCUT2D eigenvalue weighted by Crippen LogP contribution is -2.45. The molecular weight excluding hydrogens is 828 g/mol. The fraction of sp³-hybridized carbons (Fsp3) is 0.578. The SMILES string of the molecule is O=C(CCC(=O)c1ccc(C(=O)CCC(=O)OC2(C(=O)c3ccccc3)CCCCC2)cc1C(=O)CCC(=O)OCC(O)COCOCC1CO1)OCC(O)COCOCC1CO1. The van der Waals surface area contributed by atoms with Crippen LogP contribution in [0.2, 0.25) is 0 Å². The van der Waals surface area contributed by atoms with Crippen LogP contribution in [0.1, 0.15) is 112 Å². The molecular formula is C45H56O18. The van der Waals surface area contributed by atoms with E-state index < -0.39 is 92.0 Å². The molecule has 2 aromatic carbocycles. The Morgan fingerprint density at radius 3 is 1.62 bits per heavy atom. The number of ether oxygens (including phenoxy) is 9. The molecule has 3 fully saturated rings. The summed E-state index contributed by atoms with van der Waals surface area (Å²) in [4.78, 5) is 92.3. The molecule has 0 spiro atoms. The number of aliphatic hydroxyl groups excluding tert-OH is 2. The molecule has 0 aromatic heterocycles. The van der Waals surface area contributed by atoms with Crippen molar-refractivity contribution in [2.24, 2.45) is 0 Å².